The minimum Gasteiger partial charge on any atom is -0.361 e. The van der Waals surface area contributed by atoms with Crippen LogP contribution in [0.15, 0.2) is 29.4 Å². The molecule has 0 fully saturated rings. The molecule has 3 rings (SSSR count). The van der Waals surface area contributed by atoms with Crippen LogP contribution in [0.25, 0.3) is 10.9 Å². The molecule has 0 aliphatic heterocycles. The second kappa shape index (κ2) is 9.45. The molecule has 1 aromatic carbocycles. The normalized spacial score (nSPS) is 11.5. The van der Waals surface area contributed by atoms with Crippen LogP contribution in [0.4, 0.5) is 0 Å². The van der Waals surface area contributed by atoms with Crippen LogP contribution in [-0.4, -0.2) is 34.3 Å². The van der Waals surface area contributed by atoms with Gasteiger partial charge in [0.05, 0.1) is 5.69 Å². The molecule has 2 aromatic heterocycles. The van der Waals surface area contributed by atoms with Gasteiger partial charge in [0.1, 0.15) is 0 Å². The number of rotatable bonds is 5. The lowest BCUT2D eigenvalue weighted by Gasteiger charge is -2.12. The maximum Gasteiger partial charge on any atom is 0.191 e. The van der Waals surface area contributed by atoms with Crippen molar-refractivity contribution in [2.24, 2.45) is 12.0 Å². The van der Waals surface area contributed by atoms with E-state index in [1.54, 1.807) is 7.05 Å². The number of aromatic amines is 1. The third-order valence-corrected chi connectivity index (χ3v) is 4.97. The molecule has 3 aromatic rings. The van der Waals surface area contributed by atoms with Crippen LogP contribution in [0, 0.1) is 13.8 Å². The zero-order valence-corrected chi connectivity index (χ0v) is 19.1. The van der Waals surface area contributed by atoms with Crippen molar-refractivity contribution in [1.82, 2.24) is 25.4 Å². The van der Waals surface area contributed by atoms with Gasteiger partial charge in [-0.05, 0) is 44.0 Å². The first-order valence-corrected chi connectivity index (χ1v) is 9.06. The van der Waals surface area contributed by atoms with Gasteiger partial charge < -0.3 is 15.6 Å². The van der Waals surface area contributed by atoms with Gasteiger partial charge in [-0.25, -0.2) is 0 Å². The average molecular weight is 501 g/mol. The summed E-state index contributed by atoms with van der Waals surface area (Å²) in [6.45, 7) is 5.59. The highest BCUT2D eigenvalue weighted by Gasteiger charge is 2.10. The largest absolute Gasteiger partial charge is 0.361 e. The number of hydrogen-bond donors (Lipinski definition) is 3. The first-order valence-electron chi connectivity index (χ1n) is 8.68. The van der Waals surface area contributed by atoms with E-state index >= 15 is 0 Å². The van der Waals surface area contributed by atoms with Crippen molar-refractivity contribution >= 4 is 52.4 Å². The molecule has 27 heavy (non-hydrogen) atoms. The van der Waals surface area contributed by atoms with Crippen molar-refractivity contribution in [1.29, 1.82) is 0 Å². The van der Waals surface area contributed by atoms with Crippen LogP contribution in [0.2, 0.25) is 5.02 Å². The Balaban J connectivity index is 0.00000261. The number of aliphatic imine (C=N–C) groups is 1. The third kappa shape index (κ3) is 4.95. The van der Waals surface area contributed by atoms with E-state index in [0.29, 0.717) is 6.54 Å². The molecule has 146 valence electrons. The Morgan fingerprint density at radius 2 is 2.07 bits per heavy atom. The van der Waals surface area contributed by atoms with Gasteiger partial charge in [0.15, 0.2) is 5.96 Å². The van der Waals surface area contributed by atoms with E-state index < -0.39 is 0 Å². The van der Waals surface area contributed by atoms with Crippen LogP contribution in [0.1, 0.15) is 22.5 Å². The first-order chi connectivity index (χ1) is 12.5. The van der Waals surface area contributed by atoms with Crippen LogP contribution >= 0.6 is 35.6 Å². The molecule has 0 aliphatic carbocycles. The summed E-state index contributed by atoms with van der Waals surface area (Å²) in [6, 6.07) is 5.91. The van der Waals surface area contributed by atoms with Gasteiger partial charge in [-0.2, -0.15) is 5.10 Å². The number of nitrogens with zero attached hydrogens (tertiary/aromatic N) is 3. The monoisotopic (exact) mass is 500 g/mol. The molecule has 0 atom stereocenters. The number of aryl methyl sites for hydroxylation is 2. The number of hydrogen-bond acceptors (Lipinski definition) is 2. The van der Waals surface area contributed by atoms with E-state index in [9.17, 15) is 0 Å². The molecule has 0 amide bonds. The molecule has 0 saturated carbocycles. The Hall–Kier alpha value is -1.74. The van der Waals surface area contributed by atoms with E-state index in [0.717, 1.165) is 35.2 Å². The zero-order chi connectivity index (χ0) is 18.7. The maximum atomic E-state index is 6.12. The summed E-state index contributed by atoms with van der Waals surface area (Å²) >= 11 is 6.12. The Kier molecular flexibility index (Phi) is 7.55. The summed E-state index contributed by atoms with van der Waals surface area (Å²) in [7, 11) is 3.75. The molecule has 0 unspecified atom stereocenters. The van der Waals surface area contributed by atoms with E-state index in [1.807, 2.05) is 43.0 Å². The van der Waals surface area contributed by atoms with Gasteiger partial charge >= 0.3 is 0 Å². The van der Waals surface area contributed by atoms with Crippen LogP contribution in [0.5, 0.6) is 0 Å². The molecule has 0 bridgehead atoms. The van der Waals surface area contributed by atoms with Crippen LogP contribution in [0.3, 0.4) is 0 Å². The summed E-state index contributed by atoms with van der Waals surface area (Å²) in [6.07, 6.45) is 2.92. The number of benzene rings is 1. The fraction of sp³-hybridized carbons (Fsp3) is 0.368. The molecular formula is C19H26ClIN6. The van der Waals surface area contributed by atoms with E-state index in [-0.39, 0.29) is 24.0 Å². The van der Waals surface area contributed by atoms with Crippen molar-refractivity contribution in [2.75, 3.05) is 13.6 Å². The van der Waals surface area contributed by atoms with Crippen molar-refractivity contribution in [3.05, 3.63) is 51.9 Å². The second-order valence-corrected chi connectivity index (χ2v) is 6.82. The summed E-state index contributed by atoms with van der Waals surface area (Å²) in [5.74, 6) is 0.783. The lowest BCUT2D eigenvalue weighted by atomic mass is 10.1. The van der Waals surface area contributed by atoms with Gasteiger partial charge in [-0.1, -0.05) is 11.6 Å². The highest BCUT2D eigenvalue weighted by atomic mass is 127. The van der Waals surface area contributed by atoms with Crippen molar-refractivity contribution in [3.8, 4) is 0 Å². The molecular weight excluding hydrogens is 475 g/mol. The first kappa shape index (κ1) is 21.6. The molecule has 0 aliphatic rings. The number of H-pyrrole nitrogens is 1. The molecule has 0 saturated heterocycles. The van der Waals surface area contributed by atoms with Gasteiger partial charge in [0.25, 0.3) is 0 Å². The summed E-state index contributed by atoms with van der Waals surface area (Å²) in [5, 5.41) is 13.1. The fourth-order valence-electron chi connectivity index (χ4n) is 3.14. The topological polar surface area (TPSA) is 70.0 Å². The van der Waals surface area contributed by atoms with E-state index in [2.05, 4.69) is 32.6 Å². The van der Waals surface area contributed by atoms with Crippen molar-refractivity contribution in [2.45, 2.75) is 26.8 Å². The number of aromatic nitrogens is 3. The quantitative estimate of drug-likeness (QED) is 0.284. The maximum absolute atomic E-state index is 6.12. The van der Waals surface area contributed by atoms with Crippen molar-refractivity contribution in [3.63, 3.8) is 0 Å². The smallest absolute Gasteiger partial charge is 0.191 e. The lowest BCUT2D eigenvalue weighted by molar-refractivity contribution is 0.728. The molecule has 0 radical (unpaired) electrons. The van der Waals surface area contributed by atoms with Crippen LogP contribution < -0.4 is 10.6 Å². The van der Waals surface area contributed by atoms with E-state index in [1.165, 1.54) is 22.2 Å². The van der Waals surface area contributed by atoms with Gasteiger partial charge in [-0.15, -0.1) is 24.0 Å². The standard InChI is InChI=1S/C19H25ClN6.HI/c1-12-17(13(2)26(4)25-12)11-24-19(21-3)22-8-7-14-10-23-18-6-5-15(20)9-16(14)18;/h5-6,9-10,23H,7-8,11H2,1-4H3,(H2,21,22,24);1H. The summed E-state index contributed by atoms with van der Waals surface area (Å²) < 4.78 is 1.91. The minimum atomic E-state index is 0. The molecule has 0 spiro atoms. The van der Waals surface area contributed by atoms with E-state index in [4.69, 9.17) is 11.6 Å². The number of halogens is 2. The lowest BCUT2D eigenvalue weighted by Crippen LogP contribution is -2.38. The van der Waals surface area contributed by atoms with Gasteiger partial charge in [-0.3, -0.25) is 9.67 Å². The minimum absolute atomic E-state index is 0. The predicted octanol–water partition coefficient (Wildman–Crippen LogP) is 3.70. The molecule has 3 N–H and O–H groups in total. The predicted molar refractivity (Wildman–Crippen MR) is 123 cm³/mol. The Morgan fingerprint density at radius 1 is 1.30 bits per heavy atom. The Bertz CT molecular complexity index is 943. The highest BCUT2D eigenvalue weighted by molar-refractivity contribution is 14.0. The van der Waals surface area contributed by atoms with Crippen molar-refractivity contribution < 1.29 is 0 Å². The molecule has 6 nitrogen and oxygen atoms in total. The third-order valence-electron chi connectivity index (χ3n) is 4.73. The van der Waals surface area contributed by atoms with Crippen LogP contribution in [-0.2, 0) is 20.0 Å². The molecule has 2 heterocycles. The number of nitrogens with one attached hydrogen (secondary N) is 3. The SMILES string of the molecule is CN=C(NCCc1c[nH]c2ccc(Cl)cc12)NCc1c(C)nn(C)c1C.I. The highest BCUT2D eigenvalue weighted by Crippen LogP contribution is 2.22. The number of guanidine groups is 1. The molecule has 8 heteroatoms. The average Bonchev–Trinajstić information content (AvgIpc) is 3.12. The number of fused-ring (bicyclic) bond motifs is 1. The zero-order valence-electron chi connectivity index (χ0n) is 16.1. The Labute approximate surface area is 181 Å². The summed E-state index contributed by atoms with van der Waals surface area (Å²) in [4.78, 5) is 7.59. The van der Waals surface area contributed by atoms with Gasteiger partial charge in [0, 0.05) is 60.6 Å². The Morgan fingerprint density at radius 3 is 2.74 bits per heavy atom. The summed E-state index contributed by atoms with van der Waals surface area (Å²) in [5.41, 5.74) is 5.77. The fourth-order valence-corrected chi connectivity index (χ4v) is 3.31. The van der Waals surface area contributed by atoms with Gasteiger partial charge in [0.2, 0.25) is 0 Å². The second-order valence-electron chi connectivity index (χ2n) is 6.38.